The van der Waals surface area contributed by atoms with Gasteiger partial charge in [-0.1, -0.05) is 0 Å². The number of hydrogen-bond acceptors (Lipinski definition) is 5. The molecule has 0 aromatic heterocycles. The Balaban J connectivity index is 2.48. The number of hydrogen-bond donors (Lipinski definition) is 2. The van der Waals surface area contributed by atoms with Crippen molar-refractivity contribution < 1.29 is 9.66 Å². The summed E-state index contributed by atoms with van der Waals surface area (Å²) in [7, 11) is 0. The zero-order valence-electron chi connectivity index (χ0n) is 10.5. The fourth-order valence-electron chi connectivity index (χ4n) is 2.04. The average molecular weight is 251 g/mol. The van der Waals surface area contributed by atoms with Crippen LogP contribution < -0.4 is 15.4 Å². The molecule has 0 saturated heterocycles. The van der Waals surface area contributed by atoms with Crippen LogP contribution in [0.15, 0.2) is 12.1 Å². The summed E-state index contributed by atoms with van der Waals surface area (Å²) < 4.78 is 5.53. The lowest BCUT2D eigenvalue weighted by Crippen LogP contribution is -2.29. The van der Waals surface area contributed by atoms with Crippen LogP contribution in [0.1, 0.15) is 19.4 Å². The Hall–Kier alpha value is -1.82. The Bertz CT molecular complexity index is 462. The van der Waals surface area contributed by atoms with E-state index in [0.29, 0.717) is 31.1 Å². The van der Waals surface area contributed by atoms with Gasteiger partial charge in [0.15, 0.2) is 0 Å². The Morgan fingerprint density at radius 3 is 3.00 bits per heavy atom. The van der Waals surface area contributed by atoms with Crippen molar-refractivity contribution in [3.8, 4) is 5.75 Å². The largest absolute Gasteiger partial charge is 0.493 e. The van der Waals surface area contributed by atoms with Gasteiger partial charge in [-0.15, -0.1) is 0 Å². The molecule has 0 saturated carbocycles. The van der Waals surface area contributed by atoms with Gasteiger partial charge in [0.25, 0.3) is 5.69 Å². The van der Waals surface area contributed by atoms with E-state index in [4.69, 9.17) is 4.74 Å². The molecule has 6 heteroatoms. The predicted octanol–water partition coefficient (Wildman–Crippen LogP) is 1.90. The fourth-order valence-corrected chi connectivity index (χ4v) is 2.04. The summed E-state index contributed by atoms with van der Waals surface area (Å²) in [4.78, 5) is 10.7. The molecule has 1 aromatic rings. The molecule has 1 aromatic carbocycles. The van der Waals surface area contributed by atoms with Crippen molar-refractivity contribution in [2.45, 2.75) is 26.4 Å². The first-order valence-corrected chi connectivity index (χ1v) is 6.03. The van der Waals surface area contributed by atoms with E-state index in [1.54, 1.807) is 6.07 Å². The van der Waals surface area contributed by atoms with Crippen LogP contribution >= 0.6 is 0 Å². The quantitative estimate of drug-likeness (QED) is 0.633. The van der Waals surface area contributed by atoms with Crippen molar-refractivity contribution >= 4 is 11.4 Å². The van der Waals surface area contributed by atoms with Crippen LogP contribution in [0, 0.1) is 10.1 Å². The highest BCUT2D eigenvalue weighted by Crippen LogP contribution is 2.36. The first kappa shape index (κ1) is 12.6. The van der Waals surface area contributed by atoms with Crippen LogP contribution in [0.2, 0.25) is 0 Å². The molecule has 1 aliphatic rings. The number of nitro benzene ring substituents is 1. The summed E-state index contributed by atoms with van der Waals surface area (Å²) in [5.74, 6) is 0.701. The normalized spacial score (nSPS) is 18.4. The molecule has 0 spiro atoms. The molecule has 0 amide bonds. The standard InChI is InChI=1S/C12H17N3O3/c1-3-18-11-5-4-10(15(16)17)12-9(11)7-13-8(2)6-14-12/h4-5,8,13-14H,3,6-7H2,1-2H3/t8-/m0/s1. The number of ether oxygens (including phenoxy) is 1. The van der Waals surface area contributed by atoms with E-state index >= 15 is 0 Å². The Morgan fingerprint density at radius 2 is 2.33 bits per heavy atom. The van der Waals surface area contributed by atoms with Crippen LogP contribution in [0.4, 0.5) is 11.4 Å². The van der Waals surface area contributed by atoms with Crippen LogP contribution in [0.25, 0.3) is 0 Å². The van der Waals surface area contributed by atoms with Gasteiger partial charge in [-0.2, -0.15) is 0 Å². The second kappa shape index (κ2) is 5.22. The van der Waals surface area contributed by atoms with Crippen molar-refractivity contribution in [2.75, 3.05) is 18.5 Å². The number of nitrogens with zero attached hydrogens (tertiary/aromatic N) is 1. The van der Waals surface area contributed by atoms with Gasteiger partial charge in [0.2, 0.25) is 0 Å². The Morgan fingerprint density at radius 1 is 1.56 bits per heavy atom. The molecule has 0 aliphatic carbocycles. The van der Waals surface area contributed by atoms with E-state index in [1.807, 2.05) is 13.8 Å². The van der Waals surface area contributed by atoms with Gasteiger partial charge in [0, 0.05) is 30.8 Å². The topological polar surface area (TPSA) is 76.4 Å². The smallest absolute Gasteiger partial charge is 0.292 e. The number of anilines is 1. The summed E-state index contributed by atoms with van der Waals surface area (Å²) in [6.45, 7) is 5.70. The van der Waals surface area contributed by atoms with Gasteiger partial charge < -0.3 is 15.4 Å². The van der Waals surface area contributed by atoms with Crippen LogP contribution in [0.5, 0.6) is 5.75 Å². The van der Waals surface area contributed by atoms with Gasteiger partial charge in [0.1, 0.15) is 11.4 Å². The third-order valence-electron chi connectivity index (χ3n) is 2.96. The molecule has 0 bridgehead atoms. The summed E-state index contributed by atoms with van der Waals surface area (Å²) in [6, 6.07) is 3.42. The molecule has 6 nitrogen and oxygen atoms in total. The lowest BCUT2D eigenvalue weighted by atomic mass is 10.1. The summed E-state index contributed by atoms with van der Waals surface area (Å²) in [6.07, 6.45) is 0. The van der Waals surface area contributed by atoms with E-state index < -0.39 is 0 Å². The maximum absolute atomic E-state index is 11.0. The number of nitrogens with one attached hydrogen (secondary N) is 2. The van der Waals surface area contributed by atoms with E-state index in [9.17, 15) is 10.1 Å². The number of fused-ring (bicyclic) bond motifs is 1. The maximum atomic E-state index is 11.0. The lowest BCUT2D eigenvalue weighted by Gasteiger charge is -2.13. The molecule has 1 aliphatic heterocycles. The maximum Gasteiger partial charge on any atom is 0.292 e. The van der Waals surface area contributed by atoms with E-state index in [0.717, 1.165) is 5.56 Å². The molecule has 1 atom stereocenters. The number of rotatable bonds is 3. The van der Waals surface area contributed by atoms with Crippen molar-refractivity contribution in [1.29, 1.82) is 0 Å². The summed E-state index contributed by atoms with van der Waals surface area (Å²) >= 11 is 0. The fraction of sp³-hybridized carbons (Fsp3) is 0.500. The Labute approximate surface area is 105 Å². The molecule has 2 N–H and O–H groups in total. The zero-order valence-corrected chi connectivity index (χ0v) is 10.5. The Kier molecular flexibility index (Phi) is 3.66. The second-order valence-electron chi connectivity index (χ2n) is 4.29. The lowest BCUT2D eigenvalue weighted by molar-refractivity contribution is -0.384. The molecule has 1 heterocycles. The molecule has 0 unspecified atom stereocenters. The molecule has 0 radical (unpaired) electrons. The average Bonchev–Trinajstić information content (AvgIpc) is 2.53. The minimum Gasteiger partial charge on any atom is -0.493 e. The van der Waals surface area contributed by atoms with Gasteiger partial charge in [-0.25, -0.2) is 0 Å². The van der Waals surface area contributed by atoms with Crippen LogP contribution in [0.3, 0.4) is 0 Å². The SMILES string of the molecule is CCOc1ccc([N+](=O)[O-])c2c1CN[C@@H](C)CN2. The van der Waals surface area contributed by atoms with Crippen LogP contribution in [-0.4, -0.2) is 24.1 Å². The van der Waals surface area contributed by atoms with Gasteiger partial charge in [-0.3, -0.25) is 10.1 Å². The van der Waals surface area contributed by atoms with Gasteiger partial charge >= 0.3 is 0 Å². The summed E-state index contributed by atoms with van der Waals surface area (Å²) in [5.41, 5.74) is 1.50. The van der Waals surface area contributed by atoms with Crippen molar-refractivity contribution in [3.63, 3.8) is 0 Å². The van der Waals surface area contributed by atoms with Crippen molar-refractivity contribution in [1.82, 2.24) is 5.32 Å². The number of nitro groups is 1. The van der Waals surface area contributed by atoms with E-state index in [-0.39, 0.29) is 16.7 Å². The predicted molar refractivity (Wildman–Crippen MR) is 69.1 cm³/mol. The molecule has 2 rings (SSSR count). The molecule has 18 heavy (non-hydrogen) atoms. The molecule has 98 valence electrons. The van der Waals surface area contributed by atoms with E-state index in [2.05, 4.69) is 10.6 Å². The zero-order chi connectivity index (χ0) is 13.1. The molecular weight excluding hydrogens is 234 g/mol. The third-order valence-corrected chi connectivity index (χ3v) is 2.96. The first-order valence-electron chi connectivity index (χ1n) is 6.03. The minimum absolute atomic E-state index is 0.101. The third kappa shape index (κ3) is 2.38. The monoisotopic (exact) mass is 251 g/mol. The van der Waals surface area contributed by atoms with E-state index in [1.165, 1.54) is 6.07 Å². The van der Waals surface area contributed by atoms with Crippen molar-refractivity contribution in [2.24, 2.45) is 0 Å². The highest BCUT2D eigenvalue weighted by atomic mass is 16.6. The number of benzene rings is 1. The molecular formula is C12H17N3O3. The van der Waals surface area contributed by atoms with Crippen LogP contribution in [-0.2, 0) is 6.54 Å². The second-order valence-corrected chi connectivity index (χ2v) is 4.29. The summed E-state index contributed by atoms with van der Waals surface area (Å²) in [5, 5.41) is 17.5. The van der Waals surface area contributed by atoms with Crippen molar-refractivity contribution in [3.05, 3.63) is 27.8 Å². The van der Waals surface area contributed by atoms with Gasteiger partial charge in [0.05, 0.1) is 11.5 Å². The minimum atomic E-state index is -0.364. The van der Waals surface area contributed by atoms with Gasteiger partial charge in [-0.05, 0) is 19.9 Å². The first-order chi connectivity index (χ1) is 8.63. The highest BCUT2D eigenvalue weighted by molar-refractivity contribution is 5.70. The molecule has 0 fully saturated rings. The highest BCUT2D eigenvalue weighted by Gasteiger charge is 2.24.